The molecule has 5 N–H and O–H groups in total. The van der Waals surface area contributed by atoms with Crippen molar-refractivity contribution in [3.63, 3.8) is 0 Å². The number of rotatable bonds is 6. The van der Waals surface area contributed by atoms with Gasteiger partial charge in [0.15, 0.2) is 0 Å². The van der Waals surface area contributed by atoms with Gasteiger partial charge in [-0.15, -0.1) is 0 Å². The second-order valence-electron chi connectivity index (χ2n) is 5.65. The molecule has 0 spiro atoms. The van der Waals surface area contributed by atoms with Crippen LogP contribution < -0.4 is 11.1 Å². The van der Waals surface area contributed by atoms with Crippen molar-refractivity contribution < 1.29 is 9.72 Å². The van der Waals surface area contributed by atoms with Crippen molar-refractivity contribution in [1.82, 2.24) is 15.3 Å². The molecule has 3 rings (SSSR count). The van der Waals surface area contributed by atoms with Crippen LogP contribution in [0.25, 0.3) is 22.4 Å². The number of nitrogens with one attached hydrogen (secondary N) is 3. The summed E-state index contributed by atoms with van der Waals surface area (Å²) in [6.07, 6.45) is 0.294. The lowest BCUT2D eigenvalue weighted by atomic mass is 10.2. The molecule has 26 heavy (non-hydrogen) atoms. The number of nitrogens with zero attached hydrogens (tertiary/aromatic N) is 2. The Morgan fingerprint density at radius 2 is 2.00 bits per heavy atom. The summed E-state index contributed by atoms with van der Waals surface area (Å²) >= 11 is 0. The molecule has 0 atom stereocenters. The highest BCUT2D eigenvalue weighted by Crippen LogP contribution is 2.23. The number of fused-ring (bicyclic) bond motifs is 1. The van der Waals surface area contributed by atoms with E-state index in [0.29, 0.717) is 41.0 Å². The topological polar surface area (TPSA) is 151 Å². The summed E-state index contributed by atoms with van der Waals surface area (Å²) in [4.78, 5) is 30.0. The Balaban J connectivity index is 1.81. The van der Waals surface area contributed by atoms with Crippen LogP contribution in [0.4, 0.5) is 5.69 Å². The van der Waals surface area contributed by atoms with Crippen LogP contribution in [-0.2, 0) is 0 Å². The monoisotopic (exact) mass is 352 g/mol. The number of hydrogen-bond donors (Lipinski definition) is 4. The van der Waals surface area contributed by atoms with Crippen LogP contribution in [0.3, 0.4) is 0 Å². The quantitative estimate of drug-likeness (QED) is 0.232. The molecule has 9 heteroatoms. The fraction of sp³-hybridized carbons (Fsp3) is 0.118. The van der Waals surface area contributed by atoms with Crippen molar-refractivity contribution in [3.8, 4) is 11.4 Å². The number of H-pyrrole nitrogens is 1. The first kappa shape index (κ1) is 17.1. The Hall–Kier alpha value is -3.75. The molecular weight excluding hydrogens is 336 g/mol. The van der Waals surface area contributed by atoms with Gasteiger partial charge in [0.05, 0.1) is 21.8 Å². The Labute approximate surface area is 147 Å². The summed E-state index contributed by atoms with van der Waals surface area (Å²) in [6, 6.07) is 11.1. The van der Waals surface area contributed by atoms with Gasteiger partial charge < -0.3 is 16.0 Å². The highest BCUT2D eigenvalue weighted by atomic mass is 16.6. The van der Waals surface area contributed by atoms with Crippen molar-refractivity contribution in [3.05, 3.63) is 58.1 Å². The molecule has 1 aromatic heterocycles. The van der Waals surface area contributed by atoms with Crippen LogP contribution in [0.1, 0.15) is 16.8 Å². The minimum Gasteiger partial charge on any atom is -0.388 e. The number of benzene rings is 2. The molecular formula is C17H16N6O3. The summed E-state index contributed by atoms with van der Waals surface area (Å²) in [7, 11) is 0. The average Bonchev–Trinajstić information content (AvgIpc) is 3.04. The molecule has 132 valence electrons. The smallest absolute Gasteiger partial charge is 0.269 e. The molecule has 0 radical (unpaired) electrons. The van der Waals surface area contributed by atoms with Gasteiger partial charge in [0.25, 0.3) is 11.6 Å². The Morgan fingerprint density at radius 3 is 2.65 bits per heavy atom. The van der Waals surface area contributed by atoms with Gasteiger partial charge in [-0.2, -0.15) is 0 Å². The second kappa shape index (κ2) is 7.01. The minimum atomic E-state index is -0.459. The third kappa shape index (κ3) is 3.66. The number of amides is 1. The second-order valence-corrected chi connectivity index (χ2v) is 5.65. The van der Waals surface area contributed by atoms with Crippen molar-refractivity contribution in [2.75, 3.05) is 6.54 Å². The van der Waals surface area contributed by atoms with Crippen LogP contribution in [0.5, 0.6) is 0 Å². The molecule has 1 heterocycles. The van der Waals surface area contributed by atoms with Gasteiger partial charge in [-0.25, -0.2) is 4.98 Å². The maximum absolute atomic E-state index is 12.1. The van der Waals surface area contributed by atoms with Crippen LogP contribution in [0, 0.1) is 15.5 Å². The molecule has 0 bridgehead atoms. The van der Waals surface area contributed by atoms with Crippen LogP contribution >= 0.6 is 0 Å². The van der Waals surface area contributed by atoms with E-state index in [1.165, 1.54) is 12.1 Å². The molecule has 0 aliphatic rings. The summed E-state index contributed by atoms with van der Waals surface area (Å²) in [5.41, 5.74) is 7.79. The highest BCUT2D eigenvalue weighted by Gasteiger charge is 2.11. The molecule has 0 fully saturated rings. The number of amidine groups is 1. The highest BCUT2D eigenvalue weighted by molar-refractivity contribution is 5.97. The average molecular weight is 352 g/mol. The van der Waals surface area contributed by atoms with Gasteiger partial charge in [-0.05, 0) is 30.3 Å². The van der Waals surface area contributed by atoms with E-state index in [1.54, 1.807) is 30.3 Å². The number of aromatic amines is 1. The predicted molar refractivity (Wildman–Crippen MR) is 97.0 cm³/mol. The van der Waals surface area contributed by atoms with Gasteiger partial charge in [0, 0.05) is 36.2 Å². The predicted octanol–water partition coefficient (Wildman–Crippen LogP) is 2.19. The Morgan fingerprint density at radius 1 is 1.27 bits per heavy atom. The molecule has 0 aliphatic carbocycles. The lowest BCUT2D eigenvalue weighted by molar-refractivity contribution is -0.384. The van der Waals surface area contributed by atoms with Crippen LogP contribution in [0.15, 0.2) is 42.5 Å². The Kier molecular flexibility index (Phi) is 4.61. The van der Waals surface area contributed by atoms with Gasteiger partial charge in [0.2, 0.25) is 0 Å². The van der Waals surface area contributed by atoms with E-state index in [1.807, 2.05) is 0 Å². The lowest BCUT2D eigenvalue weighted by Crippen LogP contribution is -2.27. The van der Waals surface area contributed by atoms with Gasteiger partial charge >= 0.3 is 0 Å². The van der Waals surface area contributed by atoms with Crippen molar-refractivity contribution in [2.45, 2.75) is 6.42 Å². The van der Waals surface area contributed by atoms with E-state index >= 15 is 0 Å². The molecule has 9 nitrogen and oxygen atoms in total. The van der Waals surface area contributed by atoms with E-state index in [0.717, 1.165) is 0 Å². The zero-order valence-corrected chi connectivity index (χ0v) is 13.7. The molecule has 3 aromatic rings. The van der Waals surface area contributed by atoms with Gasteiger partial charge in [-0.3, -0.25) is 20.3 Å². The fourth-order valence-electron chi connectivity index (χ4n) is 2.44. The lowest BCUT2D eigenvalue weighted by Gasteiger charge is -2.04. The van der Waals surface area contributed by atoms with Crippen molar-refractivity contribution in [2.24, 2.45) is 5.73 Å². The number of aromatic nitrogens is 2. The van der Waals surface area contributed by atoms with Crippen LogP contribution in [0.2, 0.25) is 0 Å². The zero-order chi connectivity index (χ0) is 18.7. The first-order valence-corrected chi connectivity index (χ1v) is 7.80. The Bertz CT molecular complexity index is 993. The summed E-state index contributed by atoms with van der Waals surface area (Å²) in [6.45, 7) is 0.295. The number of hydrogen-bond acceptors (Lipinski definition) is 5. The number of nitrogens with two attached hydrogens (primary N) is 1. The summed E-state index contributed by atoms with van der Waals surface area (Å²) in [5.74, 6) is 0.311. The third-order valence-corrected chi connectivity index (χ3v) is 3.78. The summed E-state index contributed by atoms with van der Waals surface area (Å²) in [5, 5.41) is 20.6. The molecule has 0 aliphatic heterocycles. The first-order chi connectivity index (χ1) is 12.4. The zero-order valence-electron chi connectivity index (χ0n) is 13.7. The minimum absolute atomic E-state index is 0.00868. The van der Waals surface area contributed by atoms with E-state index in [9.17, 15) is 14.9 Å². The standard InChI is InChI=1S/C17H16N6O3/c18-15(19)7-8-20-17(24)11-3-6-13-14(9-11)22-16(21-13)10-1-4-12(5-2-10)23(25)26/h1-6,9H,7-8H2,(H3,18,19)(H,20,24)(H,21,22). The number of non-ortho nitro benzene ring substituents is 1. The maximum atomic E-state index is 12.1. The number of carbonyl (C=O) groups is 1. The van der Waals surface area contributed by atoms with Gasteiger partial charge in [-0.1, -0.05) is 0 Å². The third-order valence-electron chi connectivity index (χ3n) is 3.78. The fourth-order valence-corrected chi connectivity index (χ4v) is 2.44. The number of imidazole rings is 1. The normalized spacial score (nSPS) is 10.6. The van der Waals surface area contributed by atoms with E-state index in [-0.39, 0.29) is 17.4 Å². The first-order valence-electron chi connectivity index (χ1n) is 7.80. The van der Waals surface area contributed by atoms with Crippen molar-refractivity contribution in [1.29, 1.82) is 5.41 Å². The van der Waals surface area contributed by atoms with Gasteiger partial charge in [0.1, 0.15) is 5.82 Å². The van der Waals surface area contributed by atoms with E-state index in [4.69, 9.17) is 11.1 Å². The van der Waals surface area contributed by atoms with E-state index < -0.39 is 4.92 Å². The van der Waals surface area contributed by atoms with Crippen LogP contribution in [-0.4, -0.2) is 33.2 Å². The maximum Gasteiger partial charge on any atom is 0.269 e. The number of nitro groups is 1. The SMILES string of the molecule is N=C(N)CCNC(=O)c1ccc2nc(-c3ccc([N+](=O)[O-])cc3)[nH]c2c1. The molecule has 0 saturated carbocycles. The summed E-state index contributed by atoms with van der Waals surface area (Å²) < 4.78 is 0. The molecule has 0 unspecified atom stereocenters. The van der Waals surface area contributed by atoms with E-state index in [2.05, 4.69) is 15.3 Å². The molecule has 0 saturated heterocycles. The number of nitro benzene ring substituents is 1. The van der Waals surface area contributed by atoms with Crippen molar-refractivity contribution >= 4 is 28.5 Å². The number of carbonyl (C=O) groups excluding carboxylic acids is 1. The molecule has 2 aromatic carbocycles. The largest absolute Gasteiger partial charge is 0.388 e. The molecule has 1 amide bonds.